The molecule has 1 aliphatic heterocycles. The first kappa shape index (κ1) is 25.3. The molecule has 1 aliphatic rings. The number of rotatable bonds is 7. The Hall–Kier alpha value is -2.75. The summed E-state index contributed by atoms with van der Waals surface area (Å²) < 4.78 is 34.5. The molecule has 1 aromatic carbocycles. The molecule has 1 fully saturated rings. The summed E-state index contributed by atoms with van der Waals surface area (Å²) in [5, 5.41) is 1.73. The van der Waals surface area contributed by atoms with Crippen LogP contribution in [-0.2, 0) is 19.6 Å². The van der Waals surface area contributed by atoms with Crippen molar-refractivity contribution in [3.63, 3.8) is 0 Å². The highest BCUT2D eigenvalue weighted by atomic mass is 32.2. The topological polar surface area (TPSA) is 85.7 Å². The molecule has 0 amide bonds. The van der Waals surface area contributed by atoms with Crippen LogP contribution in [0.3, 0.4) is 0 Å². The van der Waals surface area contributed by atoms with Crippen molar-refractivity contribution in [3.8, 4) is 5.69 Å². The van der Waals surface area contributed by atoms with Gasteiger partial charge in [0.2, 0.25) is 5.78 Å². The van der Waals surface area contributed by atoms with Crippen LogP contribution in [0.25, 0.3) is 5.69 Å². The van der Waals surface area contributed by atoms with Gasteiger partial charge in [-0.2, -0.15) is 4.31 Å². The molecule has 0 aliphatic carbocycles. The molecule has 3 aromatic rings. The molecule has 0 bridgehead atoms. The van der Waals surface area contributed by atoms with Crippen molar-refractivity contribution in [2.45, 2.75) is 44.7 Å². The summed E-state index contributed by atoms with van der Waals surface area (Å²) in [5.74, 6) is -1.12. The Morgan fingerprint density at radius 3 is 2.37 bits per heavy atom. The Labute approximate surface area is 210 Å². The number of benzene rings is 1. The molecule has 0 saturated carbocycles. The van der Waals surface area contributed by atoms with Gasteiger partial charge in [-0.3, -0.25) is 9.59 Å². The summed E-state index contributed by atoms with van der Waals surface area (Å²) in [6, 6.07) is 11.3. The quantitative estimate of drug-likeness (QED) is 0.340. The van der Waals surface area contributed by atoms with E-state index in [2.05, 4.69) is 26.0 Å². The van der Waals surface area contributed by atoms with Crippen molar-refractivity contribution in [2.24, 2.45) is 5.92 Å². The van der Waals surface area contributed by atoms with Crippen molar-refractivity contribution in [3.05, 3.63) is 69.9 Å². The zero-order valence-electron chi connectivity index (χ0n) is 20.4. The first-order chi connectivity index (χ1) is 16.6. The van der Waals surface area contributed by atoms with Gasteiger partial charge in [-0.15, -0.1) is 11.3 Å². The lowest BCUT2D eigenvalue weighted by atomic mass is 9.98. The number of Topliss-reactive ketones (excluding diaryl/α,β-unsaturated/α-hetero) is 1. The number of nitrogens with zero attached hydrogens (tertiary/aromatic N) is 2. The second kappa shape index (κ2) is 10.1. The maximum atomic E-state index is 12.9. The van der Waals surface area contributed by atoms with E-state index >= 15 is 0 Å². The molecule has 3 heterocycles. The molecule has 7 nitrogen and oxygen atoms in total. The van der Waals surface area contributed by atoms with Crippen LogP contribution in [0.4, 0.5) is 0 Å². The Morgan fingerprint density at radius 1 is 1.03 bits per heavy atom. The minimum atomic E-state index is -3.52. The maximum absolute atomic E-state index is 12.9. The minimum Gasteiger partial charge on any atom is -0.457 e. The SMILES string of the molecule is Cc1ccc(-n2c(C)cc(C(=O)COC(=O)C3CCN(S(=O)(=O)c4cccs4)CC3)c2C)cc1C. The van der Waals surface area contributed by atoms with Gasteiger partial charge in [0, 0.05) is 35.7 Å². The van der Waals surface area contributed by atoms with Crippen molar-refractivity contribution in [1.29, 1.82) is 0 Å². The minimum absolute atomic E-state index is 0.251. The van der Waals surface area contributed by atoms with Gasteiger partial charge in [0.1, 0.15) is 4.21 Å². The van der Waals surface area contributed by atoms with Gasteiger partial charge in [-0.25, -0.2) is 8.42 Å². The largest absolute Gasteiger partial charge is 0.457 e. The molecule has 0 radical (unpaired) electrons. The van der Waals surface area contributed by atoms with Crippen LogP contribution in [0.2, 0.25) is 0 Å². The second-order valence-corrected chi connectivity index (χ2v) is 12.1. The highest BCUT2D eigenvalue weighted by molar-refractivity contribution is 7.91. The molecule has 9 heteroatoms. The van der Waals surface area contributed by atoms with E-state index in [1.807, 2.05) is 30.5 Å². The smallest absolute Gasteiger partial charge is 0.309 e. The molecule has 2 aromatic heterocycles. The van der Waals surface area contributed by atoms with E-state index < -0.39 is 21.9 Å². The maximum Gasteiger partial charge on any atom is 0.309 e. The van der Waals surface area contributed by atoms with Crippen molar-refractivity contribution < 1.29 is 22.7 Å². The number of aryl methyl sites for hydroxylation is 3. The lowest BCUT2D eigenvalue weighted by Crippen LogP contribution is -2.40. The molecule has 1 saturated heterocycles. The first-order valence-corrected chi connectivity index (χ1v) is 13.9. The van der Waals surface area contributed by atoms with Gasteiger partial charge in [0.25, 0.3) is 10.0 Å². The molecular formula is C26H30N2O5S2. The van der Waals surface area contributed by atoms with E-state index in [0.29, 0.717) is 22.6 Å². The van der Waals surface area contributed by atoms with Gasteiger partial charge in [-0.05, 0) is 81.3 Å². The monoisotopic (exact) mass is 514 g/mol. The lowest BCUT2D eigenvalue weighted by molar-refractivity contribution is -0.148. The third-order valence-electron chi connectivity index (χ3n) is 6.70. The fourth-order valence-electron chi connectivity index (χ4n) is 4.51. The van der Waals surface area contributed by atoms with Crippen LogP contribution in [-0.4, -0.2) is 48.7 Å². The van der Waals surface area contributed by atoms with E-state index in [0.717, 1.165) is 17.1 Å². The van der Waals surface area contributed by atoms with Gasteiger partial charge in [-0.1, -0.05) is 12.1 Å². The van der Waals surface area contributed by atoms with Crippen molar-refractivity contribution in [2.75, 3.05) is 19.7 Å². The van der Waals surface area contributed by atoms with Crippen molar-refractivity contribution in [1.82, 2.24) is 8.87 Å². The van der Waals surface area contributed by atoms with Crippen LogP contribution in [0.5, 0.6) is 0 Å². The number of hydrogen-bond donors (Lipinski definition) is 0. The number of piperidine rings is 1. The standard InChI is InChI=1S/C26H30N2O5S2/c1-17-7-8-22(14-18(17)2)28-19(3)15-23(20(28)4)24(29)16-33-26(30)21-9-11-27(12-10-21)35(31,32)25-6-5-13-34-25/h5-8,13-15,21H,9-12,16H2,1-4H3. The molecule has 186 valence electrons. The summed E-state index contributed by atoms with van der Waals surface area (Å²) >= 11 is 1.18. The van der Waals surface area contributed by atoms with E-state index in [-0.39, 0.29) is 25.5 Å². The predicted molar refractivity (Wildman–Crippen MR) is 136 cm³/mol. The number of carbonyl (C=O) groups is 2. The summed E-state index contributed by atoms with van der Waals surface area (Å²) in [6.07, 6.45) is 0.748. The third kappa shape index (κ3) is 5.12. The van der Waals surface area contributed by atoms with Gasteiger partial charge < -0.3 is 9.30 Å². The predicted octanol–water partition coefficient (Wildman–Crippen LogP) is 4.60. The normalized spacial score (nSPS) is 15.3. The Morgan fingerprint density at radius 2 is 1.74 bits per heavy atom. The van der Waals surface area contributed by atoms with E-state index in [4.69, 9.17) is 4.74 Å². The van der Waals surface area contributed by atoms with Crippen LogP contribution >= 0.6 is 11.3 Å². The summed E-state index contributed by atoms with van der Waals surface area (Å²) in [5.41, 5.74) is 5.63. The van der Waals surface area contributed by atoms with Crippen LogP contribution < -0.4 is 0 Å². The van der Waals surface area contributed by atoms with Gasteiger partial charge in [0.15, 0.2) is 6.61 Å². The fraction of sp³-hybridized carbons (Fsp3) is 0.385. The molecule has 0 spiro atoms. The fourth-order valence-corrected chi connectivity index (χ4v) is 7.12. The molecule has 35 heavy (non-hydrogen) atoms. The Bertz CT molecular complexity index is 1350. The zero-order chi connectivity index (χ0) is 25.3. The average Bonchev–Trinajstić information content (AvgIpc) is 3.48. The Balaban J connectivity index is 1.36. The Kier molecular flexibility index (Phi) is 7.30. The number of ether oxygens (including phenoxy) is 1. The molecule has 0 unspecified atom stereocenters. The first-order valence-electron chi connectivity index (χ1n) is 11.6. The number of aromatic nitrogens is 1. The highest BCUT2D eigenvalue weighted by Gasteiger charge is 2.33. The summed E-state index contributed by atoms with van der Waals surface area (Å²) in [7, 11) is -3.52. The molecule has 0 atom stereocenters. The van der Waals surface area contributed by atoms with E-state index in [9.17, 15) is 18.0 Å². The van der Waals surface area contributed by atoms with Crippen molar-refractivity contribution >= 4 is 33.1 Å². The number of carbonyl (C=O) groups excluding carboxylic acids is 2. The number of ketones is 1. The molecule has 0 N–H and O–H groups in total. The third-order valence-corrected chi connectivity index (χ3v) is 9.97. The van der Waals surface area contributed by atoms with Crippen LogP contribution in [0.1, 0.15) is 45.7 Å². The molecule has 4 rings (SSSR count). The number of sulfonamides is 1. The van der Waals surface area contributed by atoms with Crippen LogP contribution in [0, 0.1) is 33.6 Å². The lowest BCUT2D eigenvalue weighted by Gasteiger charge is -2.29. The summed E-state index contributed by atoms with van der Waals surface area (Å²) in [4.78, 5) is 25.5. The highest BCUT2D eigenvalue weighted by Crippen LogP contribution is 2.27. The summed E-state index contributed by atoms with van der Waals surface area (Å²) in [6.45, 7) is 8.13. The van der Waals surface area contributed by atoms with Gasteiger partial charge >= 0.3 is 5.97 Å². The number of esters is 1. The number of thiophene rings is 1. The van der Waals surface area contributed by atoms with E-state index in [1.54, 1.807) is 17.5 Å². The second-order valence-electron chi connectivity index (χ2n) is 9.03. The average molecular weight is 515 g/mol. The van der Waals surface area contributed by atoms with E-state index in [1.165, 1.54) is 26.8 Å². The zero-order valence-corrected chi connectivity index (χ0v) is 22.0. The van der Waals surface area contributed by atoms with Gasteiger partial charge in [0.05, 0.1) is 5.92 Å². The van der Waals surface area contributed by atoms with Crippen LogP contribution in [0.15, 0.2) is 46.0 Å². The number of hydrogen-bond acceptors (Lipinski definition) is 6. The molecular weight excluding hydrogens is 484 g/mol.